The number of nitrogens with zero attached hydrogens (tertiary/aromatic N) is 2. The summed E-state index contributed by atoms with van der Waals surface area (Å²) in [7, 11) is 0. The van der Waals surface area contributed by atoms with Crippen LogP contribution in [-0.4, -0.2) is 27.0 Å². The summed E-state index contributed by atoms with van der Waals surface area (Å²) in [6, 6.07) is 17.4. The molecular weight excluding hydrogens is 477 g/mol. The van der Waals surface area contributed by atoms with Crippen molar-refractivity contribution < 1.29 is 14.0 Å². The first-order chi connectivity index (χ1) is 16.4. The van der Waals surface area contributed by atoms with Crippen LogP contribution < -0.4 is 10.9 Å². The van der Waals surface area contributed by atoms with Gasteiger partial charge in [0.1, 0.15) is 5.82 Å². The molecule has 0 aliphatic carbocycles. The van der Waals surface area contributed by atoms with Crippen LogP contribution in [-0.2, 0) is 4.79 Å². The van der Waals surface area contributed by atoms with Gasteiger partial charge < -0.3 is 5.32 Å². The maximum absolute atomic E-state index is 13.7. The molecule has 0 aliphatic rings. The lowest BCUT2D eigenvalue weighted by Gasteiger charge is -2.13. The lowest BCUT2D eigenvalue weighted by Crippen LogP contribution is -2.22. The number of benzene rings is 3. The number of para-hydroxylation sites is 1. The average Bonchev–Trinajstić information content (AvgIpc) is 2.85. The minimum Gasteiger partial charge on any atom is -0.326 e. The van der Waals surface area contributed by atoms with E-state index in [4.69, 9.17) is 11.6 Å². The van der Waals surface area contributed by atoms with Gasteiger partial charge in [-0.2, -0.15) is 0 Å². The third-order valence-corrected chi connectivity index (χ3v) is 6.28. The van der Waals surface area contributed by atoms with Crippen molar-refractivity contribution in [2.24, 2.45) is 0 Å². The number of anilines is 1. The van der Waals surface area contributed by atoms with Gasteiger partial charge in [-0.05, 0) is 54.6 Å². The van der Waals surface area contributed by atoms with Gasteiger partial charge in [0.25, 0.3) is 5.56 Å². The number of thioether (sulfide) groups is 1. The average molecular weight is 496 g/mol. The van der Waals surface area contributed by atoms with Crippen molar-refractivity contribution >= 4 is 51.6 Å². The van der Waals surface area contributed by atoms with Crippen molar-refractivity contribution in [3.63, 3.8) is 0 Å². The second kappa shape index (κ2) is 10.2. The van der Waals surface area contributed by atoms with Gasteiger partial charge in [0.15, 0.2) is 10.9 Å². The number of Topliss-reactive ketones (excluding diaryl/α,β-unsaturated/α-hetero) is 1. The molecule has 0 fully saturated rings. The normalized spacial score (nSPS) is 10.9. The van der Waals surface area contributed by atoms with Gasteiger partial charge >= 0.3 is 0 Å². The molecule has 6 nitrogen and oxygen atoms in total. The number of fused-ring (bicyclic) bond motifs is 1. The topological polar surface area (TPSA) is 81.1 Å². The fraction of sp³-hybridized carbons (Fsp3) is 0.120. The number of rotatable bonds is 7. The molecule has 0 bridgehead atoms. The van der Waals surface area contributed by atoms with Gasteiger partial charge in [-0.15, -0.1) is 0 Å². The number of amides is 1. The molecule has 1 amide bonds. The minimum atomic E-state index is -0.602. The van der Waals surface area contributed by atoms with E-state index in [2.05, 4.69) is 10.3 Å². The summed E-state index contributed by atoms with van der Waals surface area (Å²) >= 11 is 7.05. The Morgan fingerprint density at radius 2 is 1.82 bits per heavy atom. The standard InChI is InChI=1S/C25H19ClFN3O3S/c1-2-23(32)28-16-9-7-15(8-10-16)22(31)14-34-25-29-21-6-4-3-5-18(21)24(33)30(25)17-11-12-20(27)19(26)13-17/h3-13H,2,14H2,1H3,(H,28,32). The van der Waals surface area contributed by atoms with Crippen LogP contribution in [0.15, 0.2) is 76.7 Å². The Balaban J connectivity index is 1.65. The Kier molecular flexibility index (Phi) is 7.09. The summed E-state index contributed by atoms with van der Waals surface area (Å²) in [6.07, 6.45) is 0.358. The summed E-state index contributed by atoms with van der Waals surface area (Å²) in [5.74, 6) is -0.879. The Morgan fingerprint density at radius 3 is 2.53 bits per heavy atom. The number of hydrogen-bond donors (Lipinski definition) is 1. The maximum Gasteiger partial charge on any atom is 0.266 e. The molecule has 4 aromatic rings. The molecule has 172 valence electrons. The molecule has 0 atom stereocenters. The summed E-state index contributed by atoms with van der Waals surface area (Å²) < 4.78 is 15.0. The van der Waals surface area contributed by atoms with Crippen LogP contribution in [0.5, 0.6) is 0 Å². The van der Waals surface area contributed by atoms with E-state index in [1.54, 1.807) is 55.5 Å². The largest absolute Gasteiger partial charge is 0.326 e. The molecule has 1 heterocycles. The van der Waals surface area contributed by atoms with Gasteiger partial charge in [-0.3, -0.25) is 19.0 Å². The summed E-state index contributed by atoms with van der Waals surface area (Å²) in [5.41, 5.74) is 1.55. The highest BCUT2D eigenvalue weighted by Gasteiger charge is 2.16. The molecule has 0 aliphatic heterocycles. The van der Waals surface area contributed by atoms with Crippen LogP contribution in [0.25, 0.3) is 16.6 Å². The highest BCUT2D eigenvalue weighted by atomic mass is 35.5. The van der Waals surface area contributed by atoms with Crippen molar-refractivity contribution in [2.75, 3.05) is 11.1 Å². The predicted molar refractivity (Wildman–Crippen MR) is 133 cm³/mol. The maximum atomic E-state index is 13.7. The van der Waals surface area contributed by atoms with Crippen molar-refractivity contribution in [1.29, 1.82) is 0 Å². The third-order valence-electron chi connectivity index (χ3n) is 5.05. The van der Waals surface area contributed by atoms with Crippen molar-refractivity contribution in [3.05, 3.63) is 93.5 Å². The quantitative estimate of drug-likeness (QED) is 0.208. The zero-order chi connectivity index (χ0) is 24.2. The van der Waals surface area contributed by atoms with Gasteiger partial charge in [0.05, 0.1) is 27.4 Å². The van der Waals surface area contributed by atoms with Crippen LogP contribution in [0.2, 0.25) is 5.02 Å². The SMILES string of the molecule is CCC(=O)Nc1ccc(C(=O)CSc2nc3ccccc3c(=O)n2-c2ccc(F)c(Cl)c2)cc1. The Morgan fingerprint density at radius 1 is 1.09 bits per heavy atom. The zero-order valence-electron chi connectivity index (χ0n) is 18.0. The summed E-state index contributed by atoms with van der Waals surface area (Å²) in [5, 5.41) is 3.28. The number of carbonyl (C=O) groups excluding carboxylic acids is 2. The predicted octanol–water partition coefficient (Wildman–Crippen LogP) is 5.50. The molecule has 4 rings (SSSR count). The fourth-order valence-corrected chi connectivity index (χ4v) is 4.35. The molecule has 1 N–H and O–H groups in total. The lowest BCUT2D eigenvalue weighted by atomic mass is 10.1. The van der Waals surface area contributed by atoms with Crippen LogP contribution in [0.3, 0.4) is 0 Å². The van der Waals surface area contributed by atoms with Gasteiger partial charge in [-0.1, -0.05) is 42.4 Å². The second-order valence-electron chi connectivity index (χ2n) is 7.34. The Labute approximate surface area is 203 Å². The van der Waals surface area contributed by atoms with Crippen molar-refractivity contribution in [1.82, 2.24) is 9.55 Å². The minimum absolute atomic E-state index is 0.0143. The molecule has 1 aromatic heterocycles. The van der Waals surface area contributed by atoms with E-state index in [1.165, 1.54) is 22.8 Å². The lowest BCUT2D eigenvalue weighted by molar-refractivity contribution is -0.115. The van der Waals surface area contributed by atoms with Gasteiger partial charge in [-0.25, -0.2) is 9.37 Å². The first-order valence-electron chi connectivity index (χ1n) is 10.4. The van der Waals surface area contributed by atoms with E-state index >= 15 is 0 Å². The highest BCUT2D eigenvalue weighted by Crippen LogP contribution is 2.25. The number of halogens is 2. The zero-order valence-corrected chi connectivity index (χ0v) is 19.6. The molecular formula is C25H19ClFN3O3S. The molecule has 9 heteroatoms. The molecule has 0 unspecified atom stereocenters. The molecule has 0 saturated heterocycles. The van der Waals surface area contributed by atoms with E-state index in [0.717, 1.165) is 11.8 Å². The smallest absolute Gasteiger partial charge is 0.266 e. The first kappa shape index (κ1) is 23.7. The molecule has 0 spiro atoms. The Hall–Kier alpha value is -3.49. The van der Waals surface area contributed by atoms with Crippen LogP contribution in [0, 0.1) is 5.82 Å². The van der Waals surface area contributed by atoms with Crippen LogP contribution >= 0.6 is 23.4 Å². The number of carbonyl (C=O) groups is 2. The Bertz CT molecular complexity index is 1450. The van der Waals surface area contributed by atoms with E-state index in [-0.39, 0.29) is 33.2 Å². The summed E-state index contributed by atoms with van der Waals surface area (Å²) in [6.45, 7) is 1.75. The highest BCUT2D eigenvalue weighted by molar-refractivity contribution is 7.99. The van der Waals surface area contributed by atoms with E-state index < -0.39 is 5.82 Å². The van der Waals surface area contributed by atoms with Gasteiger partial charge in [0.2, 0.25) is 5.91 Å². The monoisotopic (exact) mass is 495 g/mol. The van der Waals surface area contributed by atoms with Crippen LogP contribution in [0.4, 0.5) is 10.1 Å². The number of ketones is 1. The fourth-order valence-electron chi connectivity index (χ4n) is 3.26. The molecule has 34 heavy (non-hydrogen) atoms. The molecule has 0 saturated carbocycles. The third kappa shape index (κ3) is 5.03. The van der Waals surface area contributed by atoms with Crippen molar-refractivity contribution in [2.45, 2.75) is 18.5 Å². The molecule has 3 aromatic carbocycles. The van der Waals surface area contributed by atoms with Crippen LogP contribution in [0.1, 0.15) is 23.7 Å². The number of aromatic nitrogens is 2. The molecule has 0 radical (unpaired) electrons. The van der Waals surface area contributed by atoms with Crippen molar-refractivity contribution in [3.8, 4) is 5.69 Å². The van der Waals surface area contributed by atoms with E-state index in [9.17, 15) is 18.8 Å². The first-order valence-corrected chi connectivity index (χ1v) is 11.8. The van der Waals surface area contributed by atoms with Gasteiger partial charge in [0, 0.05) is 17.7 Å². The van der Waals surface area contributed by atoms with E-state index in [0.29, 0.717) is 34.3 Å². The number of nitrogens with one attached hydrogen (secondary N) is 1. The second-order valence-corrected chi connectivity index (χ2v) is 8.69. The number of hydrogen-bond acceptors (Lipinski definition) is 5. The summed E-state index contributed by atoms with van der Waals surface area (Å²) in [4.78, 5) is 42.2. The van der Waals surface area contributed by atoms with E-state index in [1.807, 2.05) is 0 Å².